The van der Waals surface area contributed by atoms with E-state index < -0.39 is 0 Å². The molecule has 0 aliphatic carbocycles. The monoisotopic (exact) mass is 295 g/mol. The van der Waals surface area contributed by atoms with Crippen LogP contribution in [0.1, 0.15) is 31.0 Å². The minimum absolute atomic E-state index is 0.373. The summed E-state index contributed by atoms with van der Waals surface area (Å²) in [6.45, 7) is 4.63. The van der Waals surface area contributed by atoms with Gasteiger partial charge in [-0.3, -0.25) is 4.98 Å². The van der Waals surface area contributed by atoms with E-state index >= 15 is 0 Å². The lowest BCUT2D eigenvalue weighted by molar-refractivity contribution is 0.301. The molecule has 0 radical (unpaired) electrons. The molecule has 2 aromatic rings. The van der Waals surface area contributed by atoms with Crippen molar-refractivity contribution in [2.75, 3.05) is 0 Å². The van der Waals surface area contributed by atoms with E-state index in [1.807, 2.05) is 24.3 Å². The van der Waals surface area contributed by atoms with E-state index in [9.17, 15) is 0 Å². The number of hydrogen-bond acceptors (Lipinski definition) is 2. The van der Waals surface area contributed by atoms with E-state index in [2.05, 4.69) is 18.8 Å². The maximum atomic E-state index is 6.20. The van der Waals surface area contributed by atoms with Crippen molar-refractivity contribution >= 4 is 23.2 Å². The highest BCUT2D eigenvalue weighted by atomic mass is 35.5. The van der Waals surface area contributed by atoms with Crippen LogP contribution in [-0.4, -0.2) is 4.98 Å². The number of rotatable bonds is 4. The molecule has 1 heterocycles. The maximum Gasteiger partial charge on any atom is 0.138 e. The molecule has 0 saturated heterocycles. The molecule has 0 N–H and O–H groups in total. The highest BCUT2D eigenvalue weighted by molar-refractivity contribution is 6.32. The van der Waals surface area contributed by atoms with E-state index in [0.717, 1.165) is 5.69 Å². The van der Waals surface area contributed by atoms with Crippen molar-refractivity contribution in [2.24, 2.45) is 0 Å². The summed E-state index contributed by atoms with van der Waals surface area (Å²) in [4.78, 5) is 4.17. The van der Waals surface area contributed by atoms with Gasteiger partial charge in [-0.25, -0.2) is 0 Å². The van der Waals surface area contributed by atoms with Crippen LogP contribution in [0.2, 0.25) is 10.0 Å². The minimum Gasteiger partial charge on any atom is -0.486 e. The fraction of sp³-hybridized carbons (Fsp3) is 0.267. The second-order valence-corrected chi connectivity index (χ2v) is 5.44. The number of hydrogen-bond donors (Lipinski definition) is 0. The second-order valence-electron chi connectivity index (χ2n) is 4.60. The van der Waals surface area contributed by atoms with Crippen molar-refractivity contribution in [1.82, 2.24) is 4.98 Å². The predicted octanol–water partition coefficient (Wildman–Crippen LogP) is 5.09. The number of nitrogens with zero attached hydrogens (tertiary/aromatic N) is 1. The van der Waals surface area contributed by atoms with Crippen LogP contribution < -0.4 is 4.74 Å². The van der Waals surface area contributed by atoms with Gasteiger partial charge in [0.15, 0.2) is 0 Å². The van der Waals surface area contributed by atoms with Crippen LogP contribution in [-0.2, 0) is 6.61 Å². The SMILES string of the molecule is CC(C)c1ccc(OCc2ccc(Cl)cn2)c(Cl)c1. The molecule has 0 fully saturated rings. The van der Waals surface area contributed by atoms with Gasteiger partial charge in [-0.2, -0.15) is 0 Å². The summed E-state index contributed by atoms with van der Waals surface area (Å²) in [5.74, 6) is 1.12. The highest BCUT2D eigenvalue weighted by Crippen LogP contribution is 2.28. The first-order chi connectivity index (χ1) is 9.06. The van der Waals surface area contributed by atoms with E-state index in [-0.39, 0.29) is 0 Å². The van der Waals surface area contributed by atoms with Gasteiger partial charge in [0.05, 0.1) is 15.7 Å². The fourth-order valence-electron chi connectivity index (χ4n) is 1.64. The summed E-state index contributed by atoms with van der Waals surface area (Å²) in [6, 6.07) is 9.49. The number of benzene rings is 1. The van der Waals surface area contributed by atoms with Crippen LogP contribution in [0.4, 0.5) is 0 Å². The first-order valence-corrected chi connectivity index (χ1v) is 6.84. The van der Waals surface area contributed by atoms with Crippen LogP contribution >= 0.6 is 23.2 Å². The van der Waals surface area contributed by atoms with E-state index in [0.29, 0.717) is 28.3 Å². The molecule has 0 aliphatic heterocycles. The molecule has 0 spiro atoms. The Morgan fingerprint density at radius 1 is 1.16 bits per heavy atom. The lowest BCUT2D eigenvalue weighted by Crippen LogP contribution is -1.99. The quantitative estimate of drug-likeness (QED) is 0.784. The standard InChI is InChI=1S/C15H15Cl2NO/c1-10(2)11-3-6-15(14(17)7-11)19-9-13-5-4-12(16)8-18-13/h3-8,10H,9H2,1-2H3. The zero-order valence-electron chi connectivity index (χ0n) is 10.9. The molecule has 0 unspecified atom stereocenters. The third kappa shape index (κ3) is 3.85. The summed E-state index contributed by atoms with van der Waals surface area (Å²) in [5, 5.41) is 1.24. The Hall–Kier alpha value is -1.25. The summed E-state index contributed by atoms with van der Waals surface area (Å²) < 4.78 is 5.66. The Kier molecular flexibility index (Phi) is 4.67. The minimum atomic E-state index is 0.373. The Bertz CT molecular complexity index is 553. The highest BCUT2D eigenvalue weighted by Gasteiger charge is 2.06. The molecule has 19 heavy (non-hydrogen) atoms. The first kappa shape index (κ1) is 14.2. The molecule has 100 valence electrons. The van der Waals surface area contributed by atoms with Crippen molar-refractivity contribution in [3.8, 4) is 5.75 Å². The van der Waals surface area contributed by atoms with Crippen LogP contribution in [0.3, 0.4) is 0 Å². The van der Waals surface area contributed by atoms with Crippen LogP contribution in [0.5, 0.6) is 5.75 Å². The van der Waals surface area contributed by atoms with Gasteiger partial charge in [-0.15, -0.1) is 0 Å². The molecule has 4 heteroatoms. The number of ether oxygens (including phenoxy) is 1. The zero-order chi connectivity index (χ0) is 13.8. The van der Waals surface area contributed by atoms with Gasteiger partial charge >= 0.3 is 0 Å². The molecule has 0 aliphatic rings. The Labute approximate surface area is 123 Å². The predicted molar refractivity (Wildman–Crippen MR) is 79.1 cm³/mol. The molecular weight excluding hydrogens is 281 g/mol. The van der Waals surface area contributed by atoms with Gasteiger partial charge < -0.3 is 4.74 Å². The lowest BCUT2D eigenvalue weighted by Gasteiger charge is -2.11. The average Bonchev–Trinajstić information content (AvgIpc) is 2.39. The van der Waals surface area contributed by atoms with Gasteiger partial charge in [0.1, 0.15) is 12.4 Å². The van der Waals surface area contributed by atoms with Gasteiger partial charge in [0, 0.05) is 6.20 Å². The fourth-order valence-corrected chi connectivity index (χ4v) is 1.99. The Morgan fingerprint density at radius 2 is 1.95 bits per heavy atom. The van der Waals surface area contributed by atoms with Gasteiger partial charge in [-0.05, 0) is 35.7 Å². The second kappa shape index (κ2) is 6.27. The third-order valence-electron chi connectivity index (χ3n) is 2.79. The largest absolute Gasteiger partial charge is 0.486 e. The molecule has 1 aromatic carbocycles. The van der Waals surface area contributed by atoms with E-state index in [4.69, 9.17) is 27.9 Å². The lowest BCUT2D eigenvalue weighted by atomic mass is 10.0. The Balaban J connectivity index is 2.05. The molecule has 0 amide bonds. The first-order valence-electron chi connectivity index (χ1n) is 6.09. The normalized spacial score (nSPS) is 10.8. The number of aromatic nitrogens is 1. The van der Waals surface area contributed by atoms with Crippen molar-refractivity contribution in [1.29, 1.82) is 0 Å². The van der Waals surface area contributed by atoms with Gasteiger partial charge in [0.25, 0.3) is 0 Å². The molecular formula is C15H15Cl2NO. The van der Waals surface area contributed by atoms with Crippen LogP contribution in [0.15, 0.2) is 36.5 Å². The zero-order valence-corrected chi connectivity index (χ0v) is 12.4. The summed E-state index contributed by atoms with van der Waals surface area (Å²) in [5.41, 5.74) is 2.01. The van der Waals surface area contributed by atoms with Gasteiger partial charge in [0.2, 0.25) is 0 Å². The molecule has 2 nitrogen and oxygen atoms in total. The topological polar surface area (TPSA) is 22.1 Å². The van der Waals surface area contributed by atoms with Gasteiger partial charge in [-0.1, -0.05) is 43.1 Å². The van der Waals surface area contributed by atoms with E-state index in [1.54, 1.807) is 12.3 Å². The number of halogens is 2. The molecule has 0 bridgehead atoms. The summed E-state index contributed by atoms with van der Waals surface area (Å²) in [7, 11) is 0. The molecule has 0 atom stereocenters. The molecule has 1 aromatic heterocycles. The van der Waals surface area contributed by atoms with Crippen LogP contribution in [0.25, 0.3) is 0 Å². The molecule has 0 saturated carbocycles. The summed E-state index contributed by atoms with van der Waals surface area (Å²) >= 11 is 12.0. The van der Waals surface area contributed by atoms with Crippen LogP contribution in [0, 0.1) is 0 Å². The maximum absolute atomic E-state index is 6.20. The molecule has 2 rings (SSSR count). The Morgan fingerprint density at radius 3 is 2.53 bits per heavy atom. The number of pyridine rings is 1. The summed E-state index contributed by atoms with van der Waals surface area (Å²) in [6.07, 6.45) is 1.60. The average molecular weight is 296 g/mol. The van der Waals surface area contributed by atoms with E-state index in [1.165, 1.54) is 5.56 Å². The van der Waals surface area contributed by atoms with Crippen molar-refractivity contribution in [3.05, 3.63) is 57.8 Å². The van der Waals surface area contributed by atoms with Crippen molar-refractivity contribution < 1.29 is 4.74 Å². The smallest absolute Gasteiger partial charge is 0.138 e. The van der Waals surface area contributed by atoms with Crippen molar-refractivity contribution in [2.45, 2.75) is 26.4 Å². The third-order valence-corrected chi connectivity index (χ3v) is 3.31. The van der Waals surface area contributed by atoms with Crippen molar-refractivity contribution in [3.63, 3.8) is 0 Å².